The molecule has 82 valence electrons. The molecule has 0 amide bonds. The lowest BCUT2D eigenvalue weighted by Gasteiger charge is -2.06. The van der Waals surface area contributed by atoms with Crippen LogP contribution in [0, 0.1) is 17.0 Å². The molecule has 0 bridgehead atoms. The summed E-state index contributed by atoms with van der Waals surface area (Å²) in [6, 6.07) is 4.10. The topological polar surface area (TPSA) is 12.0 Å². The Morgan fingerprint density at radius 2 is 1.80 bits per heavy atom. The summed E-state index contributed by atoms with van der Waals surface area (Å²) in [5, 5.41) is 3.28. The number of hydrogen-bond acceptors (Lipinski definition) is 1. The van der Waals surface area contributed by atoms with Gasteiger partial charge in [-0.25, -0.2) is 8.78 Å². The minimum Gasteiger partial charge on any atom is -0.309 e. The third-order valence-electron chi connectivity index (χ3n) is 2.99. The molecule has 0 saturated heterocycles. The fraction of sp³-hybridized carbons (Fsp3) is 0.500. The lowest BCUT2D eigenvalue weighted by molar-refractivity contribution is 0.536. The summed E-state index contributed by atoms with van der Waals surface area (Å²) in [5.41, 5.74) is 1.00. The van der Waals surface area contributed by atoms with E-state index in [9.17, 15) is 8.78 Å². The normalized spacial score (nSPS) is 22.8. The monoisotopic (exact) mass is 211 g/mol. The summed E-state index contributed by atoms with van der Waals surface area (Å²) in [5.74, 6) is -1.02. The van der Waals surface area contributed by atoms with E-state index in [-0.39, 0.29) is 0 Å². The maximum absolute atomic E-state index is 12.9. The van der Waals surface area contributed by atoms with Gasteiger partial charge < -0.3 is 5.32 Å². The highest BCUT2D eigenvalue weighted by Crippen LogP contribution is 2.44. The number of benzene rings is 1. The molecule has 1 saturated carbocycles. The summed E-state index contributed by atoms with van der Waals surface area (Å²) < 4.78 is 25.7. The zero-order valence-electron chi connectivity index (χ0n) is 8.98. The fourth-order valence-electron chi connectivity index (χ4n) is 1.77. The molecule has 1 fully saturated rings. The summed E-state index contributed by atoms with van der Waals surface area (Å²) >= 11 is 0. The second-order valence-corrected chi connectivity index (χ2v) is 4.90. The average molecular weight is 211 g/mol. The van der Waals surface area contributed by atoms with E-state index in [2.05, 4.69) is 19.2 Å². The van der Waals surface area contributed by atoms with Crippen LogP contribution in [-0.2, 0) is 6.54 Å². The predicted molar refractivity (Wildman–Crippen MR) is 55.4 cm³/mol. The fourth-order valence-corrected chi connectivity index (χ4v) is 1.77. The Labute approximate surface area is 88.5 Å². The number of hydrogen-bond donors (Lipinski definition) is 1. The van der Waals surface area contributed by atoms with Crippen molar-refractivity contribution in [1.82, 2.24) is 5.32 Å². The molecule has 1 nitrogen and oxygen atoms in total. The Balaban J connectivity index is 1.94. The van der Waals surface area contributed by atoms with E-state index in [1.807, 2.05) is 0 Å². The van der Waals surface area contributed by atoms with Gasteiger partial charge in [-0.1, -0.05) is 13.8 Å². The van der Waals surface area contributed by atoms with Gasteiger partial charge in [0, 0.05) is 18.7 Å². The van der Waals surface area contributed by atoms with Crippen LogP contribution < -0.4 is 5.32 Å². The van der Waals surface area contributed by atoms with Crippen molar-refractivity contribution in [3.8, 4) is 0 Å². The lowest BCUT2D eigenvalue weighted by Crippen LogP contribution is -2.20. The maximum Gasteiger partial charge on any atom is 0.126 e. The van der Waals surface area contributed by atoms with E-state index >= 15 is 0 Å². The van der Waals surface area contributed by atoms with Gasteiger partial charge in [0.2, 0.25) is 0 Å². The molecule has 2 rings (SSSR count). The van der Waals surface area contributed by atoms with Gasteiger partial charge in [-0.2, -0.15) is 0 Å². The summed E-state index contributed by atoms with van der Waals surface area (Å²) in [4.78, 5) is 0. The summed E-state index contributed by atoms with van der Waals surface area (Å²) in [7, 11) is 0. The molecule has 0 aromatic heterocycles. The van der Waals surface area contributed by atoms with Gasteiger partial charge in [0.1, 0.15) is 11.6 Å². The minimum absolute atomic E-state index is 0.339. The van der Waals surface area contributed by atoms with Crippen LogP contribution >= 0.6 is 0 Å². The van der Waals surface area contributed by atoms with E-state index < -0.39 is 11.6 Å². The molecule has 1 aromatic rings. The van der Waals surface area contributed by atoms with Crippen molar-refractivity contribution in [2.75, 3.05) is 0 Å². The van der Waals surface area contributed by atoms with Gasteiger partial charge in [0.25, 0.3) is 0 Å². The first-order valence-electron chi connectivity index (χ1n) is 5.16. The number of nitrogens with one attached hydrogen (secondary N) is 1. The Kier molecular flexibility index (Phi) is 2.51. The maximum atomic E-state index is 12.9. The van der Waals surface area contributed by atoms with Crippen LogP contribution in [0.15, 0.2) is 18.2 Å². The van der Waals surface area contributed by atoms with Crippen LogP contribution in [0.1, 0.15) is 25.8 Å². The highest BCUT2D eigenvalue weighted by Gasteiger charge is 2.44. The van der Waals surface area contributed by atoms with Crippen LogP contribution in [0.3, 0.4) is 0 Å². The van der Waals surface area contributed by atoms with Crippen LogP contribution in [0.5, 0.6) is 0 Å². The molecular formula is C12H15F2N. The second-order valence-electron chi connectivity index (χ2n) is 4.90. The van der Waals surface area contributed by atoms with E-state index in [1.165, 1.54) is 12.1 Å². The Hall–Kier alpha value is -0.960. The SMILES string of the molecule is CC1(C)CC1NCc1cc(F)cc(F)c1. The molecule has 1 aliphatic carbocycles. The Morgan fingerprint density at radius 3 is 2.27 bits per heavy atom. The quantitative estimate of drug-likeness (QED) is 0.810. The van der Waals surface area contributed by atoms with Crippen molar-refractivity contribution >= 4 is 0 Å². The highest BCUT2D eigenvalue weighted by atomic mass is 19.1. The molecule has 3 heteroatoms. The largest absolute Gasteiger partial charge is 0.309 e. The van der Waals surface area contributed by atoms with E-state index in [0.717, 1.165) is 12.5 Å². The molecule has 15 heavy (non-hydrogen) atoms. The first-order valence-corrected chi connectivity index (χ1v) is 5.16. The molecule has 1 unspecified atom stereocenters. The molecule has 1 aliphatic rings. The smallest absolute Gasteiger partial charge is 0.126 e. The van der Waals surface area contributed by atoms with Gasteiger partial charge in [-0.05, 0) is 29.5 Å². The average Bonchev–Trinajstić information content (AvgIpc) is 2.69. The van der Waals surface area contributed by atoms with E-state index in [1.54, 1.807) is 0 Å². The molecule has 1 N–H and O–H groups in total. The molecule has 1 atom stereocenters. The van der Waals surface area contributed by atoms with Crippen molar-refractivity contribution in [3.63, 3.8) is 0 Å². The van der Waals surface area contributed by atoms with Crippen molar-refractivity contribution in [3.05, 3.63) is 35.4 Å². The summed E-state index contributed by atoms with van der Waals surface area (Å²) in [6.45, 7) is 4.89. The zero-order valence-corrected chi connectivity index (χ0v) is 8.98. The Bertz CT molecular complexity index is 354. The molecular weight excluding hydrogens is 196 g/mol. The molecule has 0 heterocycles. The van der Waals surface area contributed by atoms with Gasteiger partial charge >= 0.3 is 0 Å². The van der Waals surface area contributed by atoms with Crippen LogP contribution in [0.2, 0.25) is 0 Å². The van der Waals surface area contributed by atoms with E-state index in [0.29, 0.717) is 23.6 Å². The van der Waals surface area contributed by atoms with Crippen molar-refractivity contribution in [2.24, 2.45) is 5.41 Å². The van der Waals surface area contributed by atoms with Crippen LogP contribution in [0.4, 0.5) is 8.78 Å². The van der Waals surface area contributed by atoms with Gasteiger partial charge in [0.05, 0.1) is 0 Å². The van der Waals surface area contributed by atoms with Crippen molar-refractivity contribution < 1.29 is 8.78 Å². The zero-order chi connectivity index (χ0) is 11.1. The molecule has 0 radical (unpaired) electrons. The third kappa shape index (κ3) is 2.53. The second kappa shape index (κ2) is 3.56. The van der Waals surface area contributed by atoms with Crippen molar-refractivity contribution in [1.29, 1.82) is 0 Å². The van der Waals surface area contributed by atoms with E-state index in [4.69, 9.17) is 0 Å². The first-order chi connectivity index (χ1) is 6.97. The molecule has 0 aliphatic heterocycles. The third-order valence-corrected chi connectivity index (χ3v) is 2.99. The Morgan fingerprint density at radius 1 is 1.27 bits per heavy atom. The number of rotatable bonds is 3. The standard InChI is InChI=1S/C12H15F2N/c1-12(2)6-11(12)15-7-8-3-9(13)5-10(14)4-8/h3-5,11,15H,6-7H2,1-2H3. The van der Waals surface area contributed by atoms with Crippen LogP contribution in [0.25, 0.3) is 0 Å². The molecule has 1 aromatic carbocycles. The highest BCUT2D eigenvalue weighted by molar-refractivity contribution is 5.18. The summed E-state index contributed by atoms with van der Waals surface area (Å²) in [6.07, 6.45) is 1.13. The van der Waals surface area contributed by atoms with Crippen molar-refractivity contribution in [2.45, 2.75) is 32.9 Å². The van der Waals surface area contributed by atoms with Gasteiger partial charge in [-0.15, -0.1) is 0 Å². The molecule has 0 spiro atoms. The van der Waals surface area contributed by atoms with Gasteiger partial charge in [-0.3, -0.25) is 0 Å². The lowest BCUT2D eigenvalue weighted by atomic mass is 10.1. The first kappa shape index (κ1) is 10.6. The van der Waals surface area contributed by atoms with Gasteiger partial charge in [0.15, 0.2) is 0 Å². The van der Waals surface area contributed by atoms with Crippen LogP contribution in [-0.4, -0.2) is 6.04 Å². The predicted octanol–water partition coefficient (Wildman–Crippen LogP) is 2.85. The minimum atomic E-state index is -0.512. The number of halogens is 2.